The van der Waals surface area contributed by atoms with E-state index in [2.05, 4.69) is 6.58 Å². The molecule has 0 N–H and O–H groups in total. The first-order valence-electron chi connectivity index (χ1n) is 3.97. The molecule has 0 aromatic carbocycles. The van der Waals surface area contributed by atoms with Gasteiger partial charge in [0, 0.05) is 12.3 Å². The van der Waals surface area contributed by atoms with E-state index in [4.69, 9.17) is 0 Å². The third-order valence-electron chi connectivity index (χ3n) is 2.21. The highest BCUT2D eigenvalue weighted by Gasteiger charge is 2.18. The van der Waals surface area contributed by atoms with Crippen molar-refractivity contribution in [2.24, 2.45) is 5.92 Å². The second-order valence-electron chi connectivity index (χ2n) is 3.29. The predicted octanol–water partition coefficient (Wildman–Crippen LogP) is 2.49. The molecule has 1 nitrogen and oxygen atoms in total. The van der Waals surface area contributed by atoms with Gasteiger partial charge in [-0.25, -0.2) is 0 Å². The van der Waals surface area contributed by atoms with E-state index in [1.54, 1.807) is 6.08 Å². The lowest BCUT2D eigenvalue weighted by Gasteiger charge is -2.20. The lowest BCUT2D eigenvalue weighted by molar-refractivity contribution is -0.115. The predicted molar refractivity (Wildman–Crippen MR) is 46.3 cm³/mol. The first kappa shape index (κ1) is 8.25. The monoisotopic (exact) mass is 150 g/mol. The quantitative estimate of drug-likeness (QED) is 0.525. The van der Waals surface area contributed by atoms with Crippen molar-refractivity contribution in [1.29, 1.82) is 0 Å². The van der Waals surface area contributed by atoms with Crippen molar-refractivity contribution in [3.63, 3.8) is 0 Å². The third kappa shape index (κ3) is 1.79. The Bertz CT molecular complexity index is 223. The molecule has 1 aliphatic rings. The Morgan fingerprint density at radius 1 is 1.73 bits per heavy atom. The van der Waals surface area contributed by atoms with Crippen molar-refractivity contribution in [1.82, 2.24) is 0 Å². The highest BCUT2D eigenvalue weighted by atomic mass is 16.1. The zero-order valence-corrected chi connectivity index (χ0v) is 7.18. The standard InChI is InChI=1S/C10H14O/c1-7(2)10-5-4-9(11)6-8(10)3/h6,10H,1,4-5H2,2-3H3/t10-/m1/s1. The minimum Gasteiger partial charge on any atom is -0.295 e. The van der Waals surface area contributed by atoms with Crippen molar-refractivity contribution >= 4 is 5.78 Å². The number of hydrogen-bond donors (Lipinski definition) is 0. The van der Waals surface area contributed by atoms with E-state index < -0.39 is 0 Å². The summed E-state index contributed by atoms with van der Waals surface area (Å²) in [4.78, 5) is 10.9. The van der Waals surface area contributed by atoms with Gasteiger partial charge in [0.2, 0.25) is 0 Å². The molecule has 0 aliphatic heterocycles. The number of hydrogen-bond acceptors (Lipinski definition) is 1. The Kier molecular flexibility index (Phi) is 2.28. The summed E-state index contributed by atoms with van der Waals surface area (Å²) in [6.45, 7) is 7.94. The molecule has 60 valence electrons. The molecule has 1 atom stereocenters. The normalized spacial score (nSPS) is 24.7. The lowest BCUT2D eigenvalue weighted by atomic mass is 9.84. The molecule has 0 aromatic heterocycles. The average molecular weight is 150 g/mol. The van der Waals surface area contributed by atoms with E-state index in [1.807, 2.05) is 13.8 Å². The van der Waals surface area contributed by atoms with Crippen molar-refractivity contribution in [2.75, 3.05) is 0 Å². The van der Waals surface area contributed by atoms with Crippen LogP contribution in [0, 0.1) is 5.92 Å². The Morgan fingerprint density at radius 2 is 2.36 bits per heavy atom. The molecule has 0 unspecified atom stereocenters. The van der Waals surface area contributed by atoms with Gasteiger partial charge in [0.1, 0.15) is 0 Å². The summed E-state index contributed by atoms with van der Waals surface area (Å²) in [6, 6.07) is 0. The second-order valence-corrected chi connectivity index (χ2v) is 3.29. The Hall–Kier alpha value is -0.850. The number of allylic oxidation sites excluding steroid dienone is 3. The highest BCUT2D eigenvalue weighted by Crippen LogP contribution is 2.27. The number of carbonyl (C=O) groups is 1. The molecule has 1 heteroatoms. The van der Waals surface area contributed by atoms with Gasteiger partial charge < -0.3 is 0 Å². The summed E-state index contributed by atoms with van der Waals surface area (Å²) in [5.74, 6) is 0.715. The Labute approximate surface area is 67.8 Å². The van der Waals surface area contributed by atoms with E-state index in [0.717, 1.165) is 6.42 Å². The van der Waals surface area contributed by atoms with E-state index in [0.29, 0.717) is 12.3 Å². The van der Waals surface area contributed by atoms with Gasteiger partial charge in [-0.3, -0.25) is 4.79 Å². The minimum atomic E-state index is 0.264. The van der Waals surface area contributed by atoms with E-state index >= 15 is 0 Å². The van der Waals surface area contributed by atoms with Crippen LogP contribution in [0.15, 0.2) is 23.8 Å². The number of rotatable bonds is 1. The van der Waals surface area contributed by atoms with Crippen LogP contribution in [0.4, 0.5) is 0 Å². The summed E-state index contributed by atoms with van der Waals surface area (Å²) >= 11 is 0. The SMILES string of the molecule is C=C(C)[C@H]1CCC(=O)C=C1C. The fourth-order valence-corrected chi connectivity index (χ4v) is 1.58. The maximum absolute atomic E-state index is 10.9. The van der Waals surface area contributed by atoms with Crippen LogP contribution in [0.2, 0.25) is 0 Å². The first-order valence-corrected chi connectivity index (χ1v) is 3.97. The van der Waals surface area contributed by atoms with Crippen LogP contribution in [0.25, 0.3) is 0 Å². The molecule has 0 amide bonds. The van der Waals surface area contributed by atoms with Crippen LogP contribution >= 0.6 is 0 Å². The molecule has 0 saturated carbocycles. The van der Waals surface area contributed by atoms with Crippen LogP contribution in [-0.2, 0) is 4.79 Å². The minimum absolute atomic E-state index is 0.264. The zero-order valence-electron chi connectivity index (χ0n) is 7.18. The van der Waals surface area contributed by atoms with E-state index in [1.165, 1.54) is 11.1 Å². The molecule has 0 bridgehead atoms. The van der Waals surface area contributed by atoms with Gasteiger partial charge in [-0.2, -0.15) is 0 Å². The fraction of sp³-hybridized carbons (Fsp3) is 0.500. The maximum atomic E-state index is 10.9. The topological polar surface area (TPSA) is 17.1 Å². The Balaban J connectivity index is 2.80. The second kappa shape index (κ2) is 3.04. The van der Waals surface area contributed by atoms with Gasteiger partial charge in [-0.1, -0.05) is 17.7 Å². The van der Waals surface area contributed by atoms with Crippen molar-refractivity contribution in [2.45, 2.75) is 26.7 Å². The zero-order chi connectivity index (χ0) is 8.43. The van der Waals surface area contributed by atoms with Crippen molar-refractivity contribution < 1.29 is 4.79 Å². The molecule has 1 rings (SSSR count). The van der Waals surface area contributed by atoms with Crippen molar-refractivity contribution in [3.05, 3.63) is 23.8 Å². The van der Waals surface area contributed by atoms with Crippen LogP contribution < -0.4 is 0 Å². The van der Waals surface area contributed by atoms with Gasteiger partial charge in [0.15, 0.2) is 5.78 Å². The van der Waals surface area contributed by atoms with Crippen LogP contribution in [-0.4, -0.2) is 5.78 Å². The Morgan fingerprint density at radius 3 is 2.82 bits per heavy atom. The largest absolute Gasteiger partial charge is 0.295 e. The maximum Gasteiger partial charge on any atom is 0.155 e. The summed E-state index contributed by atoms with van der Waals surface area (Å²) in [7, 11) is 0. The number of ketones is 1. The van der Waals surface area contributed by atoms with E-state index in [9.17, 15) is 4.79 Å². The third-order valence-corrected chi connectivity index (χ3v) is 2.21. The molecule has 0 heterocycles. The molecule has 1 aliphatic carbocycles. The molecule has 0 radical (unpaired) electrons. The molecule has 0 spiro atoms. The van der Waals surface area contributed by atoms with Crippen molar-refractivity contribution in [3.8, 4) is 0 Å². The molecule has 0 saturated heterocycles. The van der Waals surface area contributed by atoms with Crippen LogP contribution in [0.3, 0.4) is 0 Å². The summed E-state index contributed by atoms with van der Waals surface area (Å²) in [5.41, 5.74) is 2.35. The summed E-state index contributed by atoms with van der Waals surface area (Å²) < 4.78 is 0. The van der Waals surface area contributed by atoms with Gasteiger partial charge >= 0.3 is 0 Å². The summed E-state index contributed by atoms with van der Waals surface area (Å²) in [6.07, 6.45) is 3.40. The lowest BCUT2D eigenvalue weighted by Crippen LogP contribution is -2.12. The average Bonchev–Trinajstić information content (AvgIpc) is 1.85. The molecule has 0 fully saturated rings. The van der Waals surface area contributed by atoms with Crippen LogP contribution in [0.1, 0.15) is 26.7 Å². The molecular weight excluding hydrogens is 136 g/mol. The molecule has 11 heavy (non-hydrogen) atoms. The highest BCUT2D eigenvalue weighted by molar-refractivity contribution is 5.91. The van der Waals surface area contributed by atoms with Gasteiger partial charge in [-0.15, -0.1) is 0 Å². The summed E-state index contributed by atoms with van der Waals surface area (Å²) in [5, 5.41) is 0. The number of carbonyl (C=O) groups excluding carboxylic acids is 1. The van der Waals surface area contributed by atoms with Gasteiger partial charge in [0.25, 0.3) is 0 Å². The first-order chi connectivity index (χ1) is 5.11. The fourth-order valence-electron chi connectivity index (χ4n) is 1.58. The van der Waals surface area contributed by atoms with Gasteiger partial charge in [-0.05, 0) is 26.3 Å². The smallest absolute Gasteiger partial charge is 0.155 e. The molecule has 0 aromatic rings. The van der Waals surface area contributed by atoms with Gasteiger partial charge in [0.05, 0.1) is 0 Å². The van der Waals surface area contributed by atoms with E-state index in [-0.39, 0.29) is 5.78 Å². The van der Waals surface area contributed by atoms with Crippen LogP contribution in [0.5, 0.6) is 0 Å². The molecular formula is C10H14O.